The normalized spacial score (nSPS) is 12.9. The second kappa shape index (κ2) is 7.19. The van der Waals surface area contributed by atoms with Crippen LogP contribution in [0.15, 0.2) is 45.7 Å². The second-order valence-electron chi connectivity index (χ2n) is 5.25. The van der Waals surface area contributed by atoms with E-state index in [4.69, 9.17) is 4.42 Å². The number of nitrogens with one attached hydrogen (secondary N) is 1. The minimum Gasteiger partial charge on any atom is -0.468 e. The first-order valence-electron chi connectivity index (χ1n) is 7.13. The van der Waals surface area contributed by atoms with E-state index in [0.717, 1.165) is 29.6 Å². The van der Waals surface area contributed by atoms with Crippen LogP contribution >= 0.6 is 22.7 Å². The third-order valence-corrected chi connectivity index (χ3v) is 5.35. The van der Waals surface area contributed by atoms with Crippen molar-refractivity contribution in [1.29, 1.82) is 0 Å². The van der Waals surface area contributed by atoms with Crippen molar-refractivity contribution >= 4 is 22.7 Å². The van der Waals surface area contributed by atoms with Gasteiger partial charge in [-0.05, 0) is 37.7 Å². The maximum Gasteiger partial charge on any atom is 0.133 e. The molecule has 22 heavy (non-hydrogen) atoms. The van der Waals surface area contributed by atoms with E-state index in [1.807, 2.05) is 12.1 Å². The zero-order valence-corrected chi connectivity index (χ0v) is 14.3. The molecule has 0 aliphatic carbocycles. The molecule has 0 aliphatic heterocycles. The SMILES string of the molecule is CN(C)C(CNCc1csc(-c2cccs2)n1)c1ccco1. The Bertz CT molecular complexity index is 674. The fourth-order valence-corrected chi connectivity index (χ4v) is 3.89. The highest BCUT2D eigenvalue weighted by Gasteiger charge is 2.16. The zero-order valence-electron chi connectivity index (χ0n) is 12.7. The molecule has 3 aromatic rings. The summed E-state index contributed by atoms with van der Waals surface area (Å²) in [5.74, 6) is 0.982. The van der Waals surface area contributed by atoms with E-state index in [2.05, 4.69) is 52.2 Å². The Labute approximate surface area is 138 Å². The number of hydrogen-bond donors (Lipinski definition) is 1. The first kappa shape index (κ1) is 15.4. The van der Waals surface area contributed by atoms with Crippen LogP contribution in [0.4, 0.5) is 0 Å². The van der Waals surface area contributed by atoms with Crippen LogP contribution in [-0.4, -0.2) is 30.5 Å². The highest BCUT2D eigenvalue weighted by atomic mass is 32.1. The van der Waals surface area contributed by atoms with Crippen molar-refractivity contribution < 1.29 is 4.42 Å². The number of nitrogens with zero attached hydrogens (tertiary/aromatic N) is 2. The van der Waals surface area contributed by atoms with Gasteiger partial charge in [-0.15, -0.1) is 22.7 Å². The molecule has 0 aromatic carbocycles. The second-order valence-corrected chi connectivity index (χ2v) is 7.05. The first-order valence-corrected chi connectivity index (χ1v) is 8.89. The van der Waals surface area contributed by atoms with Crippen molar-refractivity contribution in [2.75, 3.05) is 20.6 Å². The third kappa shape index (κ3) is 3.64. The van der Waals surface area contributed by atoms with Gasteiger partial charge < -0.3 is 9.73 Å². The van der Waals surface area contributed by atoms with Gasteiger partial charge in [0.05, 0.1) is 22.9 Å². The van der Waals surface area contributed by atoms with Gasteiger partial charge in [0, 0.05) is 18.5 Å². The predicted octanol–water partition coefficient (Wildman–Crippen LogP) is 3.86. The number of thiophene rings is 1. The zero-order chi connectivity index (χ0) is 15.4. The summed E-state index contributed by atoms with van der Waals surface area (Å²) in [5, 5.41) is 8.78. The van der Waals surface area contributed by atoms with Crippen LogP contribution in [0.25, 0.3) is 9.88 Å². The Hall–Kier alpha value is -1.47. The lowest BCUT2D eigenvalue weighted by atomic mass is 10.2. The molecular formula is C16H19N3OS2. The van der Waals surface area contributed by atoms with Crippen molar-refractivity contribution in [1.82, 2.24) is 15.2 Å². The molecule has 4 nitrogen and oxygen atoms in total. The van der Waals surface area contributed by atoms with Crippen LogP contribution in [0.1, 0.15) is 17.5 Å². The van der Waals surface area contributed by atoms with Crippen molar-refractivity contribution in [3.8, 4) is 9.88 Å². The van der Waals surface area contributed by atoms with Gasteiger partial charge in [0.1, 0.15) is 10.8 Å². The number of rotatable bonds is 7. The maximum absolute atomic E-state index is 5.52. The molecule has 0 fully saturated rings. The van der Waals surface area contributed by atoms with Gasteiger partial charge in [-0.25, -0.2) is 4.98 Å². The van der Waals surface area contributed by atoms with Gasteiger partial charge in [-0.3, -0.25) is 4.90 Å². The Morgan fingerprint density at radius 1 is 1.27 bits per heavy atom. The van der Waals surface area contributed by atoms with Crippen molar-refractivity contribution in [3.63, 3.8) is 0 Å². The average Bonchev–Trinajstić information content (AvgIpc) is 3.23. The lowest BCUT2D eigenvalue weighted by molar-refractivity contribution is 0.250. The molecule has 0 amide bonds. The monoisotopic (exact) mass is 333 g/mol. The average molecular weight is 333 g/mol. The predicted molar refractivity (Wildman–Crippen MR) is 92.3 cm³/mol. The molecule has 1 unspecified atom stereocenters. The molecule has 0 bridgehead atoms. The van der Waals surface area contributed by atoms with Crippen LogP contribution in [-0.2, 0) is 6.54 Å². The Balaban J connectivity index is 1.56. The molecule has 116 valence electrons. The Morgan fingerprint density at radius 2 is 2.18 bits per heavy atom. The van der Waals surface area contributed by atoms with Gasteiger partial charge in [-0.1, -0.05) is 6.07 Å². The highest BCUT2D eigenvalue weighted by Crippen LogP contribution is 2.27. The lowest BCUT2D eigenvalue weighted by Gasteiger charge is -2.22. The maximum atomic E-state index is 5.52. The number of likely N-dealkylation sites (N-methyl/N-ethyl adjacent to an activating group) is 1. The van der Waals surface area contributed by atoms with Gasteiger partial charge in [0.25, 0.3) is 0 Å². The topological polar surface area (TPSA) is 41.3 Å². The summed E-state index contributed by atoms with van der Waals surface area (Å²) in [5.41, 5.74) is 1.09. The van der Waals surface area contributed by atoms with Gasteiger partial charge in [-0.2, -0.15) is 0 Å². The molecule has 0 saturated carbocycles. The quantitative estimate of drug-likeness (QED) is 0.713. The lowest BCUT2D eigenvalue weighted by Crippen LogP contribution is -2.30. The highest BCUT2D eigenvalue weighted by molar-refractivity contribution is 7.20. The van der Waals surface area contributed by atoms with Crippen LogP contribution < -0.4 is 5.32 Å². The minimum atomic E-state index is 0.227. The van der Waals surface area contributed by atoms with E-state index in [-0.39, 0.29) is 6.04 Å². The smallest absolute Gasteiger partial charge is 0.133 e. The van der Waals surface area contributed by atoms with E-state index in [0.29, 0.717) is 0 Å². The van der Waals surface area contributed by atoms with Crippen LogP contribution in [0.2, 0.25) is 0 Å². The fraction of sp³-hybridized carbons (Fsp3) is 0.312. The standard InChI is InChI=1S/C16H19N3OS2/c1-19(2)13(14-5-3-7-20-14)10-17-9-12-11-22-16(18-12)15-6-4-8-21-15/h3-8,11,13,17H,9-10H2,1-2H3. The van der Waals surface area contributed by atoms with E-state index in [1.165, 1.54) is 4.88 Å². The summed E-state index contributed by atoms with van der Waals surface area (Å²) in [7, 11) is 4.12. The fourth-order valence-electron chi connectivity index (χ4n) is 2.26. The molecule has 1 N–H and O–H groups in total. The summed E-state index contributed by atoms with van der Waals surface area (Å²) in [6.07, 6.45) is 1.72. The summed E-state index contributed by atoms with van der Waals surface area (Å²) >= 11 is 3.43. The van der Waals surface area contributed by atoms with Crippen molar-refractivity contribution in [2.45, 2.75) is 12.6 Å². The van der Waals surface area contributed by atoms with E-state index < -0.39 is 0 Å². The molecule has 3 heterocycles. The minimum absolute atomic E-state index is 0.227. The van der Waals surface area contributed by atoms with Crippen LogP contribution in [0.5, 0.6) is 0 Å². The van der Waals surface area contributed by atoms with E-state index >= 15 is 0 Å². The van der Waals surface area contributed by atoms with Crippen molar-refractivity contribution in [2.24, 2.45) is 0 Å². The number of aromatic nitrogens is 1. The van der Waals surface area contributed by atoms with E-state index in [1.54, 1.807) is 28.9 Å². The molecular weight excluding hydrogens is 314 g/mol. The third-order valence-electron chi connectivity index (χ3n) is 3.42. The number of furan rings is 1. The van der Waals surface area contributed by atoms with Crippen LogP contribution in [0.3, 0.4) is 0 Å². The first-order chi connectivity index (χ1) is 10.7. The molecule has 0 aliphatic rings. The number of hydrogen-bond acceptors (Lipinski definition) is 6. The van der Waals surface area contributed by atoms with E-state index in [9.17, 15) is 0 Å². The molecule has 0 saturated heterocycles. The Morgan fingerprint density at radius 3 is 2.86 bits per heavy atom. The molecule has 3 aromatic heterocycles. The molecule has 0 radical (unpaired) electrons. The van der Waals surface area contributed by atoms with Gasteiger partial charge >= 0.3 is 0 Å². The Kier molecular flexibility index (Phi) is 5.04. The molecule has 6 heteroatoms. The molecule has 1 atom stereocenters. The number of thiazole rings is 1. The van der Waals surface area contributed by atoms with Crippen molar-refractivity contribution in [3.05, 3.63) is 52.7 Å². The summed E-state index contributed by atoms with van der Waals surface area (Å²) < 4.78 is 5.52. The molecule has 3 rings (SSSR count). The largest absolute Gasteiger partial charge is 0.468 e. The van der Waals surface area contributed by atoms with Crippen LogP contribution in [0, 0.1) is 0 Å². The molecule has 0 spiro atoms. The summed E-state index contributed by atoms with van der Waals surface area (Å²) in [6.45, 7) is 1.60. The van der Waals surface area contributed by atoms with Gasteiger partial charge in [0.2, 0.25) is 0 Å². The van der Waals surface area contributed by atoms with Gasteiger partial charge in [0.15, 0.2) is 0 Å². The summed E-state index contributed by atoms with van der Waals surface area (Å²) in [6, 6.07) is 8.35. The summed E-state index contributed by atoms with van der Waals surface area (Å²) in [4.78, 5) is 8.08.